The van der Waals surface area contributed by atoms with Crippen LogP contribution in [-0.2, 0) is 12.8 Å². The first kappa shape index (κ1) is 17.9. The topological polar surface area (TPSA) is 58.0 Å². The number of phenolic OH excluding ortho intramolecular Hbond substituents is 1. The van der Waals surface area contributed by atoms with Crippen LogP contribution in [0, 0.1) is 5.82 Å². The number of phenols is 1. The molecular weight excluding hydrogens is 353 g/mol. The Morgan fingerprint density at radius 2 is 1.64 bits per heavy atom. The lowest BCUT2D eigenvalue weighted by atomic mass is 10.0. The lowest BCUT2D eigenvalue weighted by Gasteiger charge is -2.11. The van der Waals surface area contributed by atoms with Crippen molar-refractivity contribution >= 4 is 16.7 Å². The molecule has 140 valence electrons. The maximum absolute atomic E-state index is 14.2. The van der Waals surface area contributed by atoms with Crippen molar-refractivity contribution in [1.82, 2.24) is 9.97 Å². The third-order valence-electron chi connectivity index (χ3n) is 4.79. The number of fused-ring (bicyclic) bond motifs is 1. The van der Waals surface area contributed by atoms with Gasteiger partial charge in [-0.1, -0.05) is 42.5 Å². The molecule has 0 fully saturated rings. The minimum absolute atomic E-state index is 0.248. The van der Waals surface area contributed by atoms with Crippen molar-refractivity contribution in [3.63, 3.8) is 0 Å². The van der Waals surface area contributed by atoms with Crippen LogP contribution >= 0.6 is 0 Å². The fraction of sp³-hybridized carbons (Fsp3) is 0.130. The van der Waals surface area contributed by atoms with Crippen molar-refractivity contribution in [1.29, 1.82) is 0 Å². The Labute approximate surface area is 162 Å². The average molecular weight is 373 g/mol. The van der Waals surface area contributed by atoms with E-state index < -0.39 is 0 Å². The van der Waals surface area contributed by atoms with Crippen LogP contribution in [0.3, 0.4) is 0 Å². The van der Waals surface area contributed by atoms with Crippen molar-refractivity contribution in [3.8, 4) is 17.0 Å². The number of aromatic hydroxyl groups is 1. The molecule has 0 atom stereocenters. The number of hydrogen-bond donors (Lipinski definition) is 2. The van der Waals surface area contributed by atoms with Gasteiger partial charge in [-0.3, -0.25) is 0 Å². The molecule has 4 aromatic rings. The van der Waals surface area contributed by atoms with Crippen molar-refractivity contribution in [2.24, 2.45) is 0 Å². The fourth-order valence-corrected chi connectivity index (χ4v) is 3.35. The molecule has 0 radical (unpaired) electrons. The van der Waals surface area contributed by atoms with Gasteiger partial charge in [-0.2, -0.15) is 0 Å². The van der Waals surface area contributed by atoms with Crippen LogP contribution in [0.2, 0.25) is 0 Å². The molecule has 0 saturated carbocycles. The van der Waals surface area contributed by atoms with Gasteiger partial charge in [-0.15, -0.1) is 0 Å². The highest BCUT2D eigenvalue weighted by atomic mass is 19.1. The number of nitrogens with one attached hydrogen (secondary N) is 1. The van der Waals surface area contributed by atoms with Gasteiger partial charge in [0.2, 0.25) is 5.95 Å². The number of halogens is 1. The number of nitrogens with zero attached hydrogens (tertiary/aromatic N) is 2. The Bertz CT molecular complexity index is 1140. The summed E-state index contributed by atoms with van der Waals surface area (Å²) in [6.07, 6.45) is 1.32. The molecule has 0 unspecified atom stereocenters. The van der Waals surface area contributed by atoms with E-state index in [1.165, 1.54) is 6.07 Å². The minimum atomic E-state index is -0.248. The Balaban J connectivity index is 1.74. The van der Waals surface area contributed by atoms with E-state index in [0.717, 1.165) is 27.9 Å². The van der Waals surface area contributed by atoms with E-state index in [1.807, 2.05) is 36.4 Å². The van der Waals surface area contributed by atoms with E-state index in [1.54, 1.807) is 31.3 Å². The summed E-state index contributed by atoms with van der Waals surface area (Å²) in [5, 5.41) is 14.4. The number of hydrogen-bond acceptors (Lipinski definition) is 4. The monoisotopic (exact) mass is 373 g/mol. The van der Waals surface area contributed by atoms with Crippen molar-refractivity contribution in [3.05, 3.63) is 83.8 Å². The molecule has 4 rings (SSSR count). The molecule has 3 aromatic carbocycles. The van der Waals surface area contributed by atoms with Gasteiger partial charge in [0.1, 0.15) is 11.6 Å². The number of aromatic nitrogens is 2. The summed E-state index contributed by atoms with van der Waals surface area (Å²) in [6, 6.07) is 19.9. The molecule has 28 heavy (non-hydrogen) atoms. The predicted octanol–water partition coefficient (Wildman–Crippen LogP) is 4.97. The van der Waals surface area contributed by atoms with Crippen LogP contribution in [-0.4, -0.2) is 22.1 Å². The van der Waals surface area contributed by atoms with Crippen LogP contribution in [0.4, 0.5) is 10.3 Å². The molecule has 0 aliphatic heterocycles. The molecule has 0 saturated heterocycles. The SMILES string of the molecule is CNc1nc(CCc2ccccc2O)cc(-c2ccc(F)c3ccccc23)n1. The molecule has 1 aromatic heterocycles. The van der Waals surface area contributed by atoms with Gasteiger partial charge >= 0.3 is 0 Å². The summed E-state index contributed by atoms with van der Waals surface area (Å²) in [6.45, 7) is 0. The third kappa shape index (κ3) is 3.51. The summed E-state index contributed by atoms with van der Waals surface area (Å²) in [5.74, 6) is 0.551. The molecule has 0 aliphatic rings. The summed E-state index contributed by atoms with van der Waals surface area (Å²) in [5.41, 5.74) is 3.33. The molecule has 0 spiro atoms. The molecular formula is C23H20FN3O. The summed E-state index contributed by atoms with van der Waals surface area (Å²) >= 11 is 0. The number of benzene rings is 3. The van der Waals surface area contributed by atoms with Crippen LogP contribution in [0.1, 0.15) is 11.3 Å². The third-order valence-corrected chi connectivity index (χ3v) is 4.79. The minimum Gasteiger partial charge on any atom is -0.508 e. The normalized spacial score (nSPS) is 10.9. The molecule has 1 heterocycles. The van der Waals surface area contributed by atoms with E-state index in [-0.39, 0.29) is 11.6 Å². The van der Waals surface area contributed by atoms with Crippen molar-refractivity contribution in [2.75, 3.05) is 12.4 Å². The molecule has 0 amide bonds. The number of rotatable bonds is 5. The quantitative estimate of drug-likeness (QED) is 0.519. The first-order valence-electron chi connectivity index (χ1n) is 9.16. The second-order valence-electron chi connectivity index (χ2n) is 6.59. The zero-order valence-corrected chi connectivity index (χ0v) is 15.5. The zero-order valence-electron chi connectivity index (χ0n) is 15.5. The molecule has 4 nitrogen and oxygen atoms in total. The predicted molar refractivity (Wildman–Crippen MR) is 110 cm³/mol. The van der Waals surface area contributed by atoms with Crippen molar-refractivity contribution in [2.45, 2.75) is 12.8 Å². The zero-order chi connectivity index (χ0) is 19.5. The second kappa shape index (κ2) is 7.64. The van der Waals surface area contributed by atoms with Gasteiger partial charge in [0.25, 0.3) is 0 Å². The average Bonchev–Trinajstić information content (AvgIpc) is 2.73. The standard InChI is InChI=1S/C23H20FN3O/c1-25-23-26-16(11-10-15-6-2-5-9-22(15)28)14-21(27-23)19-12-13-20(24)18-8-4-3-7-17(18)19/h2-9,12-14,28H,10-11H2,1H3,(H,25,26,27). The molecule has 0 bridgehead atoms. The smallest absolute Gasteiger partial charge is 0.223 e. The Kier molecular flexibility index (Phi) is 4.89. The van der Waals surface area contributed by atoms with Crippen LogP contribution in [0.15, 0.2) is 66.7 Å². The van der Waals surface area contributed by atoms with Crippen LogP contribution in [0.25, 0.3) is 22.0 Å². The molecule has 0 aliphatic carbocycles. The highest BCUT2D eigenvalue weighted by Gasteiger charge is 2.12. The van der Waals surface area contributed by atoms with Crippen LogP contribution < -0.4 is 5.32 Å². The summed E-state index contributed by atoms with van der Waals surface area (Å²) < 4.78 is 14.2. The van der Waals surface area contributed by atoms with Gasteiger partial charge in [0, 0.05) is 23.7 Å². The van der Waals surface area contributed by atoms with Gasteiger partial charge in [-0.25, -0.2) is 14.4 Å². The lowest BCUT2D eigenvalue weighted by molar-refractivity contribution is 0.468. The maximum atomic E-state index is 14.2. The first-order valence-corrected chi connectivity index (χ1v) is 9.16. The van der Waals surface area contributed by atoms with E-state index in [2.05, 4.69) is 15.3 Å². The lowest BCUT2D eigenvalue weighted by Crippen LogP contribution is -2.03. The fourth-order valence-electron chi connectivity index (χ4n) is 3.35. The second-order valence-corrected chi connectivity index (χ2v) is 6.59. The van der Waals surface area contributed by atoms with Gasteiger partial charge < -0.3 is 10.4 Å². The van der Waals surface area contributed by atoms with Crippen molar-refractivity contribution < 1.29 is 9.50 Å². The van der Waals surface area contributed by atoms with E-state index in [9.17, 15) is 9.50 Å². The van der Waals surface area contributed by atoms with Crippen LogP contribution in [0.5, 0.6) is 5.75 Å². The highest BCUT2D eigenvalue weighted by Crippen LogP contribution is 2.30. The first-order chi connectivity index (χ1) is 13.7. The van der Waals surface area contributed by atoms with E-state index >= 15 is 0 Å². The Morgan fingerprint density at radius 1 is 0.893 bits per heavy atom. The highest BCUT2D eigenvalue weighted by molar-refractivity contribution is 5.96. The Morgan fingerprint density at radius 3 is 2.43 bits per heavy atom. The summed E-state index contributed by atoms with van der Waals surface area (Å²) in [4.78, 5) is 9.12. The van der Waals surface area contributed by atoms with E-state index in [0.29, 0.717) is 24.2 Å². The van der Waals surface area contributed by atoms with Gasteiger partial charge in [0.05, 0.1) is 5.69 Å². The molecule has 2 N–H and O–H groups in total. The number of aryl methyl sites for hydroxylation is 2. The number of para-hydroxylation sites is 1. The van der Waals surface area contributed by atoms with E-state index in [4.69, 9.17) is 0 Å². The summed E-state index contributed by atoms with van der Waals surface area (Å²) in [7, 11) is 1.77. The Hall–Kier alpha value is -3.47. The molecule has 5 heteroatoms. The van der Waals surface area contributed by atoms with Gasteiger partial charge in [0.15, 0.2) is 0 Å². The van der Waals surface area contributed by atoms with Gasteiger partial charge in [-0.05, 0) is 48.1 Å². The number of anilines is 1. The maximum Gasteiger partial charge on any atom is 0.223 e. The largest absolute Gasteiger partial charge is 0.508 e.